The highest BCUT2D eigenvalue weighted by atomic mass is 79.9. The van der Waals surface area contributed by atoms with Crippen molar-refractivity contribution in [1.82, 2.24) is 0 Å². The Morgan fingerprint density at radius 3 is 2.46 bits per heavy atom. The molecular weight excluding hydrogens is 396 g/mol. The van der Waals surface area contributed by atoms with Gasteiger partial charge in [-0.2, -0.15) is 0 Å². The molecule has 0 aliphatic rings. The molecular formula is C17H16BrClN2O3. The van der Waals surface area contributed by atoms with Gasteiger partial charge in [-0.05, 0) is 71.2 Å². The van der Waals surface area contributed by atoms with E-state index in [1.807, 2.05) is 13.8 Å². The normalized spacial score (nSPS) is 10.3. The second-order valence-electron chi connectivity index (χ2n) is 5.22. The Morgan fingerprint density at radius 1 is 1.25 bits per heavy atom. The van der Waals surface area contributed by atoms with Crippen LogP contribution in [0.2, 0.25) is 5.02 Å². The minimum atomic E-state index is -0.519. The smallest absolute Gasteiger partial charge is 0.262 e. The molecule has 2 amide bonds. The third kappa shape index (κ3) is 4.27. The van der Waals surface area contributed by atoms with E-state index in [2.05, 4.69) is 21.2 Å². The lowest BCUT2D eigenvalue weighted by molar-refractivity contribution is -0.118. The Balaban J connectivity index is 2.00. The van der Waals surface area contributed by atoms with Crippen LogP contribution >= 0.6 is 27.5 Å². The summed E-state index contributed by atoms with van der Waals surface area (Å²) < 4.78 is 6.28. The molecule has 0 aliphatic carbocycles. The number of amides is 2. The van der Waals surface area contributed by atoms with Crippen molar-refractivity contribution in [2.24, 2.45) is 5.73 Å². The molecule has 0 fully saturated rings. The second-order valence-corrected chi connectivity index (χ2v) is 6.39. The number of primary amides is 1. The molecule has 0 atom stereocenters. The van der Waals surface area contributed by atoms with Crippen LogP contribution in [0.3, 0.4) is 0 Å². The molecule has 0 heterocycles. The first-order chi connectivity index (χ1) is 11.3. The highest BCUT2D eigenvalue weighted by Crippen LogP contribution is 2.35. The number of ether oxygens (including phenoxy) is 1. The number of aryl methyl sites for hydroxylation is 1. The molecule has 0 aromatic heterocycles. The molecule has 24 heavy (non-hydrogen) atoms. The number of anilines is 1. The molecule has 7 heteroatoms. The van der Waals surface area contributed by atoms with Gasteiger partial charge in [-0.15, -0.1) is 0 Å². The highest BCUT2D eigenvalue weighted by molar-refractivity contribution is 9.10. The molecule has 0 spiro atoms. The topological polar surface area (TPSA) is 81.4 Å². The van der Waals surface area contributed by atoms with Crippen LogP contribution in [0.4, 0.5) is 5.69 Å². The molecule has 2 rings (SSSR count). The SMILES string of the molecule is Cc1cc(OCC(=O)Nc2ccc(C(N)=O)cc2)c(Br)c(C)c1Cl. The number of carbonyl (C=O) groups is 2. The summed E-state index contributed by atoms with van der Waals surface area (Å²) in [6, 6.07) is 8.06. The van der Waals surface area contributed by atoms with Crippen molar-refractivity contribution in [3.8, 4) is 5.75 Å². The van der Waals surface area contributed by atoms with E-state index < -0.39 is 5.91 Å². The summed E-state index contributed by atoms with van der Waals surface area (Å²) in [5.41, 5.74) is 7.82. The Labute approximate surface area is 153 Å². The fourth-order valence-corrected chi connectivity index (χ4v) is 2.75. The van der Waals surface area contributed by atoms with Gasteiger partial charge >= 0.3 is 0 Å². The lowest BCUT2D eigenvalue weighted by Gasteiger charge is -2.13. The van der Waals surface area contributed by atoms with Gasteiger partial charge in [0.1, 0.15) is 5.75 Å². The zero-order valence-electron chi connectivity index (χ0n) is 13.2. The van der Waals surface area contributed by atoms with E-state index >= 15 is 0 Å². The van der Waals surface area contributed by atoms with Gasteiger partial charge in [0.25, 0.3) is 5.91 Å². The summed E-state index contributed by atoms with van der Waals surface area (Å²) in [6.07, 6.45) is 0. The first-order valence-electron chi connectivity index (χ1n) is 7.07. The monoisotopic (exact) mass is 410 g/mol. The van der Waals surface area contributed by atoms with Crippen LogP contribution in [-0.2, 0) is 4.79 Å². The van der Waals surface area contributed by atoms with Crippen molar-refractivity contribution in [3.63, 3.8) is 0 Å². The van der Waals surface area contributed by atoms with Crippen LogP contribution in [0, 0.1) is 13.8 Å². The maximum Gasteiger partial charge on any atom is 0.262 e. The molecule has 3 N–H and O–H groups in total. The molecule has 126 valence electrons. The summed E-state index contributed by atoms with van der Waals surface area (Å²) in [5, 5.41) is 3.34. The van der Waals surface area contributed by atoms with Crippen molar-refractivity contribution in [2.75, 3.05) is 11.9 Å². The first-order valence-corrected chi connectivity index (χ1v) is 8.24. The predicted molar refractivity (Wildman–Crippen MR) is 97.7 cm³/mol. The van der Waals surface area contributed by atoms with Crippen molar-refractivity contribution >= 4 is 45.0 Å². The number of hydrogen-bond donors (Lipinski definition) is 2. The number of halogens is 2. The third-order valence-corrected chi connectivity index (χ3v) is 4.95. The average Bonchev–Trinajstić information content (AvgIpc) is 2.55. The summed E-state index contributed by atoms with van der Waals surface area (Å²) in [4.78, 5) is 23.0. The Morgan fingerprint density at radius 2 is 1.88 bits per heavy atom. The van der Waals surface area contributed by atoms with Gasteiger partial charge in [0, 0.05) is 16.3 Å². The number of nitrogens with two attached hydrogens (primary N) is 1. The van der Waals surface area contributed by atoms with Crippen molar-refractivity contribution in [2.45, 2.75) is 13.8 Å². The van der Waals surface area contributed by atoms with Crippen molar-refractivity contribution in [3.05, 3.63) is 56.5 Å². The molecule has 0 aliphatic heterocycles. The van der Waals surface area contributed by atoms with E-state index in [9.17, 15) is 9.59 Å². The molecule has 0 saturated heterocycles. The summed E-state index contributed by atoms with van der Waals surface area (Å²) >= 11 is 9.58. The van der Waals surface area contributed by atoms with Crippen LogP contribution in [-0.4, -0.2) is 18.4 Å². The molecule has 2 aromatic carbocycles. The van der Waals surface area contributed by atoms with Gasteiger partial charge in [-0.25, -0.2) is 0 Å². The zero-order valence-corrected chi connectivity index (χ0v) is 15.5. The molecule has 0 bridgehead atoms. The maximum atomic E-state index is 12.0. The molecule has 0 radical (unpaired) electrons. The molecule has 2 aromatic rings. The van der Waals surface area contributed by atoms with Gasteiger partial charge in [0.15, 0.2) is 6.61 Å². The summed E-state index contributed by atoms with van der Waals surface area (Å²) in [5.74, 6) is -0.290. The maximum absolute atomic E-state index is 12.0. The zero-order chi connectivity index (χ0) is 17.9. The van der Waals surface area contributed by atoms with E-state index in [0.29, 0.717) is 22.0 Å². The summed E-state index contributed by atoms with van der Waals surface area (Å²) in [6.45, 7) is 3.58. The molecule has 5 nitrogen and oxygen atoms in total. The van der Waals surface area contributed by atoms with E-state index in [0.717, 1.165) is 15.6 Å². The number of benzene rings is 2. The van der Waals surface area contributed by atoms with Crippen LogP contribution < -0.4 is 15.8 Å². The Bertz CT molecular complexity index is 791. The largest absolute Gasteiger partial charge is 0.483 e. The number of hydrogen-bond acceptors (Lipinski definition) is 3. The quantitative estimate of drug-likeness (QED) is 0.784. The average molecular weight is 412 g/mol. The van der Waals surface area contributed by atoms with E-state index in [4.69, 9.17) is 22.1 Å². The molecule has 0 unspecified atom stereocenters. The first kappa shape index (κ1) is 18.3. The number of carbonyl (C=O) groups excluding carboxylic acids is 2. The van der Waals surface area contributed by atoms with Crippen LogP contribution in [0.15, 0.2) is 34.8 Å². The van der Waals surface area contributed by atoms with E-state index in [1.165, 1.54) is 0 Å². The predicted octanol–water partition coefficient (Wildman–Crippen LogP) is 3.84. The van der Waals surface area contributed by atoms with Gasteiger partial charge < -0.3 is 15.8 Å². The highest BCUT2D eigenvalue weighted by Gasteiger charge is 2.12. The lowest BCUT2D eigenvalue weighted by atomic mass is 10.1. The van der Waals surface area contributed by atoms with Crippen LogP contribution in [0.5, 0.6) is 5.75 Å². The third-order valence-electron chi connectivity index (χ3n) is 3.38. The Kier molecular flexibility index (Phi) is 5.85. The fourth-order valence-electron chi connectivity index (χ4n) is 2.06. The lowest BCUT2D eigenvalue weighted by Crippen LogP contribution is -2.20. The van der Waals surface area contributed by atoms with Crippen molar-refractivity contribution in [1.29, 1.82) is 0 Å². The number of rotatable bonds is 5. The van der Waals surface area contributed by atoms with Gasteiger partial charge in [0.05, 0.1) is 4.47 Å². The van der Waals surface area contributed by atoms with Gasteiger partial charge in [0.2, 0.25) is 5.91 Å². The summed E-state index contributed by atoms with van der Waals surface area (Å²) in [7, 11) is 0. The standard InChI is InChI=1S/C17H16BrClN2O3/c1-9-7-13(15(18)10(2)16(9)19)24-8-14(22)21-12-5-3-11(4-6-12)17(20)23/h3-7H,8H2,1-2H3,(H2,20,23)(H,21,22). The van der Waals surface area contributed by atoms with Gasteiger partial charge in [-0.1, -0.05) is 11.6 Å². The van der Waals surface area contributed by atoms with E-state index in [-0.39, 0.29) is 12.5 Å². The fraction of sp³-hybridized carbons (Fsp3) is 0.176. The van der Waals surface area contributed by atoms with Crippen LogP contribution in [0.1, 0.15) is 21.5 Å². The molecule has 0 saturated carbocycles. The minimum absolute atomic E-state index is 0.156. The van der Waals surface area contributed by atoms with E-state index in [1.54, 1.807) is 30.3 Å². The van der Waals surface area contributed by atoms with Crippen molar-refractivity contribution < 1.29 is 14.3 Å². The minimum Gasteiger partial charge on any atom is -0.483 e. The van der Waals surface area contributed by atoms with Crippen LogP contribution in [0.25, 0.3) is 0 Å². The number of nitrogens with one attached hydrogen (secondary N) is 1. The van der Waals surface area contributed by atoms with Gasteiger partial charge in [-0.3, -0.25) is 9.59 Å². The second kappa shape index (κ2) is 7.68. The Hall–Kier alpha value is -2.05.